The Balaban J connectivity index is 0.00000261. The minimum absolute atomic E-state index is 0. The number of hydrogen-bond acceptors (Lipinski definition) is 1. The molecular formula is C20H24Cl3N3O. The van der Waals surface area contributed by atoms with E-state index < -0.39 is 0 Å². The van der Waals surface area contributed by atoms with E-state index in [2.05, 4.69) is 36.9 Å². The number of halogens is 3. The number of benzene rings is 2. The maximum absolute atomic E-state index is 11.7. The summed E-state index contributed by atoms with van der Waals surface area (Å²) in [7, 11) is 4.43. The van der Waals surface area contributed by atoms with Gasteiger partial charge in [0.15, 0.2) is 0 Å². The number of nitrogens with zero attached hydrogens (tertiary/aromatic N) is 1. The summed E-state index contributed by atoms with van der Waals surface area (Å²) in [5, 5.41) is 6.96. The van der Waals surface area contributed by atoms with Crippen molar-refractivity contribution >= 4 is 34.9 Å². The number of carbonyl (C=O) groups is 1. The topological polar surface area (TPSA) is 41.1 Å². The van der Waals surface area contributed by atoms with Crippen molar-refractivity contribution in [2.24, 2.45) is 0 Å². The molecule has 0 radical (unpaired) electrons. The second-order valence-corrected chi connectivity index (χ2v) is 8.23. The van der Waals surface area contributed by atoms with Crippen LogP contribution < -0.4 is 23.0 Å². The Bertz CT molecular complexity index is 822. The molecule has 1 unspecified atom stereocenters. The minimum atomic E-state index is -0.195. The maximum atomic E-state index is 11.7. The molecule has 0 aromatic heterocycles. The molecule has 2 aromatic carbocycles. The predicted octanol–water partition coefficient (Wildman–Crippen LogP) is 1.86. The highest BCUT2D eigenvalue weighted by molar-refractivity contribution is 6.35. The van der Waals surface area contributed by atoms with Crippen LogP contribution in [0, 0.1) is 0 Å². The molecule has 2 aromatic rings. The van der Waals surface area contributed by atoms with Gasteiger partial charge >= 0.3 is 6.03 Å². The van der Waals surface area contributed by atoms with Crippen LogP contribution in [0.3, 0.4) is 0 Å². The second-order valence-electron chi connectivity index (χ2n) is 7.39. The number of urea groups is 1. The van der Waals surface area contributed by atoms with E-state index in [0.29, 0.717) is 11.6 Å². The molecule has 0 aliphatic carbocycles. The minimum Gasteiger partial charge on any atom is -1.00 e. The molecule has 4 nitrogen and oxygen atoms in total. The standard InChI is InChI=1S/C20H23Cl2N3O.ClH/c1-4-23-20(26)24-15-7-5-13(6-8-15)17-11-25(2,3)12-18-16(17)9-14(21)10-19(18)22;/h5-10,17H,4,11-12H2,1-3H3,(H-,23,24,26);1H. The quantitative estimate of drug-likeness (QED) is 0.720. The molecule has 0 saturated heterocycles. The number of likely N-dealkylation sites (N-methyl/N-ethyl adjacent to an activating group) is 1. The van der Waals surface area contributed by atoms with Gasteiger partial charge in [0, 0.05) is 22.8 Å². The van der Waals surface area contributed by atoms with Crippen molar-refractivity contribution in [2.45, 2.75) is 19.4 Å². The number of quaternary nitrogens is 1. The Morgan fingerprint density at radius 1 is 1.19 bits per heavy atom. The maximum Gasteiger partial charge on any atom is 0.319 e. The molecule has 27 heavy (non-hydrogen) atoms. The lowest BCUT2D eigenvalue weighted by Gasteiger charge is -2.40. The van der Waals surface area contributed by atoms with Crippen LogP contribution in [0.15, 0.2) is 36.4 Å². The zero-order chi connectivity index (χ0) is 18.9. The average Bonchev–Trinajstić information content (AvgIpc) is 2.56. The van der Waals surface area contributed by atoms with Crippen molar-refractivity contribution in [3.05, 3.63) is 63.1 Å². The zero-order valence-electron chi connectivity index (χ0n) is 15.7. The molecule has 3 rings (SSSR count). The third-order valence-electron chi connectivity index (χ3n) is 4.74. The second kappa shape index (κ2) is 8.70. The first-order chi connectivity index (χ1) is 12.3. The molecular weight excluding hydrogens is 405 g/mol. The Labute approximate surface area is 176 Å². The smallest absolute Gasteiger partial charge is 0.319 e. The van der Waals surface area contributed by atoms with Gasteiger partial charge in [-0.05, 0) is 42.3 Å². The van der Waals surface area contributed by atoms with E-state index in [1.165, 1.54) is 16.7 Å². The monoisotopic (exact) mass is 427 g/mol. The van der Waals surface area contributed by atoms with Gasteiger partial charge in [-0.25, -0.2) is 4.79 Å². The van der Waals surface area contributed by atoms with E-state index in [9.17, 15) is 4.79 Å². The van der Waals surface area contributed by atoms with Gasteiger partial charge in [-0.1, -0.05) is 35.3 Å². The number of fused-ring (bicyclic) bond motifs is 1. The Morgan fingerprint density at radius 3 is 2.48 bits per heavy atom. The van der Waals surface area contributed by atoms with E-state index in [-0.39, 0.29) is 24.4 Å². The number of nitrogens with one attached hydrogen (secondary N) is 2. The summed E-state index contributed by atoms with van der Waals surface area (Å²) in [6, 6.07) is 11.7. The molecule has 1 aliphatic heterocycles. The van der Waals surface area contributed by atoms with Gasteiger partial charge in [0.05, 0.1) is 31.6 Å². The first-order valence-electron chi connectivity index (χ1n) is 8.73. The molecule has 0 saturated carbocycles. The number of hydrogen-bond donors (Lipinski definition) is 2. The van der Waals surface area contributed by atoms with Gasteiger partial charge in [-0.2, -0.15) is 0 Å². The third kappa shape index (κ3) is 5.08. The number of amides is 2. The fourth-order valence-electron chi connectivity index (χ4n) is 3.61. The average molecular weight is 429 g/mol. The summed E-state index contributed by atoms with van der Waals surface area (Å²) in [6.45, 7) is 4.34. The number of rotatable bonds is 3. The fraction of sp³-hybridized carbons (Fsp3) is 0.350. The van der Waals surface area contributed by atoms with Crippen molar-refractivity contribution in [3.63, 3.8) is 0 Å². The van der Waals surface area contributed by atoms with E-state index in [0.717, 1.165) is 28.3 Å². The lowest BCUT2D eigenvalue weighted by Crippen LogP contribution is -3.00. The van der Waals surface area contributed by atoms with Gasteiger partial charge in [0.2, 0.25) is 0 Å². The van der Waals surface area contributed by atoms with Gasteiger partial charge < -0.3 is 27.5 Å². The summed E-state index contributed by atoms with van der Waals surface area (Å²) >= 11 is 12.8. The molecule has 2 N–H and O–H groups in total. The van der Waals surface area contributed by atoms with Crippen molar-refractivity contribution in [1.29, 1.82) is 0 Å². The van der Waals surface area contributed by atoms with Crippen molar-refractivity contribution < 1.29 is 21.7 Å². The Hall–Kier alpha value is -1.46. The van der Waals surface area contributed by atoms with Gasteiger partial charge in [-0.15, -0.1) is 0 Å². The molecule has 146 valence electrons. The molecule has 0 bridgehead atoms. The molecule has 1 atom stereocenters. The van der Waals surface area contributed by atoms with Crippen LogP contribution >= 0.6 is 23.2 Å². The van der Waals surface area contributed by atoms with E-state index in [4.69, 9.17) is 23.2 Å². The van der Waals surface area contributed by atoms with Crippen LogP contribution in [0.25, 0.3) is 0 Å². The van der Waals surface area contributed by atoms with Crippen LogP contribution in [-0.4, -0.2) is 37.7 Å². The highest BCUT2D eigenvalue weighted by atomic mass is 35.5. The van der Waals surface area contributed by atoms with Crippen molar-refractivity contribution in [2.75, 3.05) is 32.5 Å². The predicted molar refractivity (Wildman–Crippen MR) is 108 cm³/mol. The lowest BCUT2D eigenvalue weighted by molar-refractivity contribution is -0.906. The molecule has 2 amide bonds. The highest BCUT2D eigenvalue weighted by Crippen LogP contribution is 2.40. The number of carbonyl (C=O) groups excluding carboxylic acids is 1. The van der Waals surface area contributed by atoms with E-state index in [1.807, 2.05) is 31.2 Å². The van der Waals surface area contributed by atoms with Crippen LogP contribution in [0.5, 0.6) is 0 Å². The first kappa shape index (κ1) is 21.8. The normalized spacial score (nSPS) is 17.4. The fourth-order valence-corrected chi connectivity index (χ4v) is 4.17. The summed E-state index contributed by atoms with van der Waals surface area (Å²) in [5.41, 5.74) is 4.33. The van der Waals surface area contributed by atoms with Gasteiger partial charge in [0.25, 0.3) is 0 Å². The third-order valence-corrected chi connectivity index (χ3v) is 5.30. The highest BCUT2D eigenvalue weighted by Gasteiger charge is 2.34. The summed E-state index contributed by atoms with van der Waals surface area (Å²) < 4.78 is 0.859. The molecule has 1 heterocycles. The summed E-state index contributed by atoms with van der Waals surface area (Å²) in [6.07, 6.45) is 0. The van der Waals surface area contributed by atoms with Crippen LogP contribution in [-0.2, 0) is 6.54 Å². The first-order valence-corrected chi connectivity index (χ1v) is 9.49. The zero-order valence-corrected chi connectivity index (χ0v) is 17.9. The number of anilines is 1. The van der Waals surface area contributed by atoms with Gasteiger partial charge in [-0.3, -0.25) is 0 Å². The molecule has 7 heteroatoms. The SMILES string of the molecule is CCNC(=O)Nc1ccc(C2C[N+](C)(C)Cc3c(Cl)cc(Cl)cc32)cc1.[Cl-]. The van der Waals surface area contributed by atoms with Crippen LogP contribution in [0.2, 0.25) is 10.0 Å². The van der Waals surface area contributed by atoms with Crippen LogP contribution in [0.1, 0.15) is 29.5 Å². The Kier molecular flexibility index (Phi) is 7.03. The Morgan fingerprint density at radius 2 is 1.85 bits per heavy atom. The van der Waals surface area contributed by atoms with Crippen molar-refractivity contribution in [1.82, 2.24) is 5.32 Å². The molecule has 0 fully saturated rings. The van der Waals surface area contributed by atoms with E-state index in [1.54, 1.807) is 0 Å². The van der Waals surface area contributed by atoms with E-state index >= 15 is 0 Å². The van der Waals surface area contributed by atoms with Gasteiger partial charge in [0.1, 0.15) is 6.54 Å². The van der Waals surface area contributed by atoms with Crippen LogP contribution in [0.4, 0.5) is 10.5 Å². The summed E-state index contributed by atoms with van der Waals surface area (Å²) in [5.74, 6) is 0.212. The lowest BCUT2D eigenvalue weighted by atomic mass is 9.84. The molecule has 1 aliphatic rings. The largest absolute Gasteiger partial charge is 1.00 e. The van der Waals surface area contributed by atoms with Crippen molar-refractivity contribution in [3.8, 4) is 0 Å². The molecule has 0 spiro atoms. The summed E-state index contributed by atoms with van der Waals surface area (Å²) in [4.78, 5) is 11.7.